The Kier molecular flexibility index (Phi) is 3.19. The van der Waals surface area contributed by atoms with Crippen molar-refractivity contribution >= 4 is 11.0 Å². The molecule has 0 saturated heterocycles. The Balaban J connectivity index is 1.71. The van der Waals surface area contributed by atoms with Crippen molar-refractivity contribution in [2.75, 3.05) is 0 Å². The Morgan fingerprint density at radius 1 is 0.917 bits per heavy atom. The summed E-state index contributed by atoms with van der Waals surface area (Å²) in [6, 6.07) is 15.0. The minimum Gasteiger partial charge on any atom is -0.338 e. The normalized spacial score (nSPS) is 12.0. The molecule has 0 atom stereocenters. The molecule has 3 nitrogen and oxygen atoms in total. The van der Waals surface area contributed by atoms with Crippen LogP contribution in [0.4, 0.5) is 13.2 Å². The van der Waals surface area contributed by atoms with Gasteiger partial charge in [0, 0.05) is 23.6 Å². The fourth-order valence-electron chi connectivity index (χ4n) is 2.62. The summed E-state index contributed by atoms with van der Waals surface area (Å²) in [7, 11) is 0. The first-order valence-corrected chi connectivity index (χ1v) is 7.31. The zero-order valence-electron chi connectivity index (χ0n) is 12.4. The number of imidazole rings is 1. The molecule has 6 heteroatoms. The third kappa shape index (κ3) is 2.56. The summed E-state index contributed by atoms with van der Waals surface area (Å²) in [5.74, 6) is 0.545. The first kappa shape index (κ1) is 14.6. The maximum atomic E-state index is 12.8. The SMILES string of the molecule is FC(F)(F)c1ccc2nc(-c3ccc(-n4cccc4)cc3)[nH]c2c1. The lowest BCUT2D eigenvalue weighted by atomic mass is 10.2. The molecule has 4 rings (SSSR count). The number of halogens is 3. The Labute approximate surface area is 135 Å². The van der Waals surface area contributed by atoms with Crippen LogP contribution in [0.3, 0.4) is 0 Å². The molecule has 120 valence electrons. The number of benzene rings is 2. The molecule has 1 N–H and O–H groups in total. The molecular formula is C18H12F3N3. The second-order valence-corrected chi connectivity index (χ2v) is 5.45. The molecule has 0 aliphatic rings. The molecule has 2 aromatic heterocycles. The highest BCUT2D eigenvalue weighted by molar-refractivity contribution is 5.80. The summed E-state index contributed by atoms with van der Waals surface area (Å²) < 4.78 is 40.3. The maximum absolute atomic E-state index is 12.8. The van der Waals surface area contributed by atoms with E-state index in [1.807, 2.05) is 53.4 Å². The van der Waals surface area contributed by atoms with Crippen molar-refractivity contribution in [3.8, 4) is 17.1 Å². The summed E-state index contributed by atoms with van der Waals surface area (Å²) in [4.78, 5) is 7.33. The molecule has 0 aliphatic heterocycles. The van der Waals surface area contributed by atoms with Gasteiger partial charge in [-0.05, 0) is 54.6 Å². The monoisotopic (exact) mass is 327 g/mol. The number of H-pyrrole nitrogens is 1. The molecular weight excluding hydrogens is 315 g/mol. The Hall–Kier alpha value is -3.02. The summed E-state index contributed by atoms with van der Waals surface area (Å²) in [6.07, 6.45) is -0.485. The number of rotatable bonds is 2. The van der Waals surface area contributed by atoms with Crippen LogP contribution in [0.15, 0.2) is 67.0 Å². The van der Waals surface area contributed by atoms with E-state index in [2.05, 4.69) is 9.97 Å². The van der Waals surface area contributed by atoms with Gasteiger partial charge >= 0.3 is 6.18 Å². The number of fused-ring (bicyclic) bond motifs is 1. The third-order valence-electron chi connectivity index (χ3n) is 3.85. The molecule has 0 saturated carbocycles. The van der Waals surface area contributed by atoms with E-state index in [1.54, 1.807) is 0 Å². The van der Waals surface area contributed by atoms with E-state index in [4.69, 9.17) is 0 Å². The van der Waals surface area contributed by atoms with E-state index >= 15 is 0 Å². The number of hydrogen-bond donors (Lipinski definition) is 1. The molecule has 0 unspecified atom stereocenters. The quantitative estimate of drug-likeness (QED) is 0.550. The van der Waals surface area contributed by atoms with Crippen LogP contribution in [0.2, 0.25) is 0 Å². The average Bonchev–Trinajstić information content (AvgIpc) is 3.23. The first-order chi connectivity index (χ1) is 11.5. The lowest BCUT2D eigenvalue weighted by molar-refractivity contribution is -0.137. The molecule has 24 heavy (non-hydrogen) atoms. The van der Waals surface area contributed by atoms with Crippen molar-refractivity contribution < 1.29 is 13.2 Å². The standard InChI is InChI=1S/C18H12F3N3/c19-18(20,21)13-5-8-15-16(11-13)23-17(22-15)12-3-6-14(7-4-12)24-9-1-2-10-24/h1-11H,(H,22,23). The van der Waals surface area contributed by atoms with E-state index in [9.17, 15) is 13.2 Å². The summed E-state index contributed by atoms with van der Waals surface area (Å²) in [6.45, 7) is 0. The Bertz CT molecular complexity index is 981. The first-order valence-electron chi connectivity index (χ1n) is 7.31. The van der Waals surface area contributed by atoms with Crippen LogP contribution in [0, 0.1) is 0 Å². The zero-order chi connectivity index (χ0) is 16.7. The summed E-state index contributed by atoms with van der Waals surface area (Å²) in [5, 5.41) is 0. The minimum absolute atomic E-state index is 0.370. The van der Waals surface area contributed by atoms with E-state index in [0.29, 0.717) is 16.9 Å². The molecule has 0 spiro atoms. The van der Waals surface area contributed by atoms with Crippen molar-refractivity contribution in [1.29, 1.82) is 0 Å². The molecule has 4 aromatic rings. The average molecular weight is 327 g/mol. The van der Waals surface area contributed by atoms with Crippen LogP contribution < -0.4 is 0 Å². The van der Waals surface area contributed by atoms with E-state index in [0.717, 1.165) is 23.4 Å². The van der Waals surface area contributed by atoms with Crippen LogP contribution in [0.25, 0.3) is 28.1 Å². The van der Waals surface area contributed by atoms with Crippen LogP contribution >= 0.6 is 0 Å². The maximum Gasteiger partial charge on any atom is 0.416 e. The fourth-order valence-corrected chi connectivity index (χ4v) is 2.62. The fraction of sp³-hybridized carbons (Fsp3) is 0.0556. The van der Waals surface area contributed by atoms with Gasteiger partial charge in [-0.15, -0.1) is 0 Å². The Morgan fingerprint density at radius 3 is 2.29 bits per heavy atom. The number of nitrogens with zero attached hydrogens (tertiary/aromatic N) is 2. The Morgan fingerprint density at radius 2 is 1.62 bits per heavy atom. The van der Waals surface area contributed by atoms with Gasteiger partial charge in [0.15, 0.2) is 0 Å². The molecule has 0 amide bonds. The van der Waals surface area contributed by atoms with Gasteiger partial charge in [0.2, 0.25) is 0 Å². The zero-order valence-corrected chi connectivity index (χ0v) is 12.4. The lowest BCUT2D eigenvalue weighted by Crippen LogP contribution is -2.04. The molecule has 0 radical (unpaired) electrons. The number of nitrogens with one attached hydrogen (secondary N) is 1. The van der Waals surface area contributed by atoms with Crippen LogP contribution in [0.1, 0.15) is 5.56 Å². The molecule has 0 bridgehead atoms. The number of aromatic amines is 1. The van der Waals surface area contributed by atoms with Crippen molar-refractivity contribution in [1.82, 2.24) is 14.5 Å². The number of alkyl halides is 3. The molecule has 0 fully saturated rings. The topological polar surface area (TPSA) is 33.6 Å². The van der Waals surface area contributed by atoms with Crippen LogP contribution in [0.5, 0.6) is 0 Å². The third-order valence-corrected chi connectivity index (χ3v) is 3.85. The van der Waals surface area contributed by atoms with Gasteiger partial charge in [0.05, 0.1) is 16.6 Å². The van der Waals surface area contributed by atoms with Crippen LogP contribution in [-0.2, 0) is 6.18 Å². The van der Waals surface area contributed by atoms with Gasteiger partial charge < -0.3 is 9.55 Å². The van der Waals surface area contributed by atoms with E-state index < -0.39 is 11.7 Å². The molecule has 2 heterocycles. The predicted octanol–water partition coefficient (Wildman–Crippen LogP) is 5.04. The second kappa shape index (κ2) is 5.26. The highest BCUT2D eigenvalue weighted by Gasteiger charge is 2.30. The smallest absolute Gasteiger partial charge is 0.338 e. The van der Waals surface area contributed by atoms with Crippen molar-refractivity contribution in [3.63, 3.8) is 0 Å². The summed E-state index contributed by atoms with van der Waals surface area (Å²) in [5.41, 5.74) is 2.00. The van der Waals surface area contributed by atoms with Crippen molar-refractivity contribution in [2.45, 2.75) is 6.18 Å². The van der Waals surface area contributed by atoms with Gasteiger partial charge in [-0.1, -0.05) is 0 Å². The van der Waals surface area contributed by atoms with Crippen molar-refractivity contribution in [2.24, 2.45) is 0 Å². The predicted molar refractivity (Wildman–Crippen MR) is 85.9 cm³/mol. The van der Waals surface area contributed by atoms with Gasteiger partial charge in [0.1, 0.15) is 5.82 Å². The highest BCUT2D eigenvalue weighted by atomic mass is 19.4. The van der Waals surface area contributed by atoms with Gasteiger partial charge in [-0.2, -0.15) is 13.2 Å². The van der Waals surface area contributed by atoms with Crippen molar-refractivity contribution in [3.05, 3.63) is 72.6 Å². The van der Waals surface area contributed by atoms with Gasteiger partial charge in [-0.3, -0.25) is 0 Å². The largest absolute Gasteiger partial charge is 0.416 e. The van der Waals surface area contributed by atoms with Gasteiger partial charge in [-0.25, -0.2) is 4.98 Å². The van der Waals surface area contributed by atoms with E-state index in [1.165, 1.54) is 6.07 Å². The lowest BCUT2D eigenvalue weighted by Gasteiger charge is -2.05. The van der Waals surface area contributed by atoms with Crippen LogP contribution in [-0.4, -0.2) is 14.5 Å². The van der Waals surface area contributed by atoms with Gasteiger partial charge in [0.25, 0.3) is 0 Å². The minimum atomic E-state index is -4.36. The molecule has 0 aliphatic carbocycles. The van der Waals surface area contributed by atoms with E-state index in [-0.39, 0.29) is 0 Å². The summed E-state index contributed by atoms with van der Waals surface area (Å²) >= 11 is 0. The molecule has 2 aromatic carbocycles. The number of hydrogen-bond acceptors (Lipinski definition) is 1. The highest BCUT2D eigenvalue weighted by Crippen LogP contribution is 2.31. The number of aromatic nitrogens is 3. The second-order valence-electron chi connectivity index (χ2n) is 5.45.